The number of hydrogen-bond donors (Lipinski definition) is 2. The minimum atomic E-state index is -0.0838. The number of phenolic OH excluding ortho intramolecular Hbond substituents is 1. The number of ether oxygens (including phenoxy) is 2. The predicted molar refractivity (Wildman–Crippen MR) is 102 cm³/mol. The number of unbranched alkanes of at least 4 members (excludes halogenated alkanes) is 2. The minimum absolute atomic E-state index is 0.0836. The van der Waals surface area contributed by atoms with Crippen LogP contribution in [0.5, 0.6) is 17.2 Å². The lowest BCUT2D eigenvalue weighted by atomic mass is 9.94. The van der Waals surface area contributed by atoms with Crippen LogP contribution in [-0.4, -0.2) is 17.8 Å². The van der Waals surface area contributed by atoms with Crippen molar-refractivity contribution in [1.29, 1.82) is 0 Å². The summed E-state index contributed by atoms with van der Waals surface area (Å²) in [4.78, 5) is 12.2. The summed E-state index contributed by atoms with van der Waals surface area (Å²) >= 11 is 3.56. The fourth-order valence-corrected chi connectivity index (χ4v) is 4.28. The summed E-state index contributed by atoms with van der Waals surface area (Å²) in [5.74, 6) is 1.55. The van der Waals surface area contributed by atoms with Gasteiger partial charge in [-0.15, -0.1) is 0 Å². The van der Waals surface area contributed by atoms with E-state index in [2.05, 4.69) is 21.2 Å². The Kier molecular flexibility index (Phi) is 4.76. The molecule has 0 saturated heterocycles. The second-order valence-electron chi connectivity index (χ2n) is 6.68. The Bertz CT molecular complexity index is 852. The third-order valence-corrected chi connectivity index (χ3v) is 5.68. The van der Waals surface area contributed by atoms with Crippen LogP contribution >= 0.6 is 15.9 Å². The van der Waals surface area contributed by atoms with Crippen molar-refractivity contribution < 1.29 is 19.4 Å². The van der Waals surface area contributed by atoms with Gasteiger partial charge in [-0.2, -0.15) is 0 Å². The molecule has 2 aliphatic heterocycles. The number of benzene rings is 2. The highest BCUT2D eigenvalue weighted by atomic mass is 79.9. The molecule has 0 fully saturated rings. The van der Waals surface area contributed by atoms with Gasteiger partial charge in [0.1, 0.15) is 5.75 Å². The molecular formula is C20H20BrNO4. The molecule has 6 heteroatoms. The number of phenols is 1. The number of amides is 1. The van der Waals surface area contributed by atoms with E-state index in [9.17, 15) is 9.90 Å². The van der Waals surface area contributed by atoms with Gasteiger partial charge in [0.25, 0.3) is 0 Å². The molecule has 0 aromatic heterocycles. The maximum absolute atomic E-state index is 12.2. The fourth-order valence-electron chi connectivity index (χ4n) is 3.64. The Morgan fingerprint density at radius 3 is 2.81 bits per heavy atom. The van der Waals surface area contributed by atoms with E-state index in [0.717, 1.165) is 53.4 Å². The molecule has 2 N–H and O–H groups in total. The standard InChI is InChI=1S/C20H20BrNO4/c21-14-7-4-8-15-19(14)13(20(24)22-15)6-3-1-2-5-12-9-17-18(10-16(12)23)26-11-25-17/h4,7-10,13,23H,1-3,5-6,11H2,(H,22,24). The second kappa shape index (κ2) is 7.19. The van der Waals surface area contributed by atoms with Crippen molar-refractivity contribution in [3.63, 3.8) is 0 Å². The van der Waals surface area contributed by atoms with Crippen LogP contribution in [0, 0.1) is 0 Å². The molecule has 2 aromatic rings. The first kappa shape index (κ1) is 17.2. The average molecular weight is 418 g/mol. The molecule has 1 amide bonds. The topological polar surface area (TPSA) is 67.8 Å². The molecule has 0 spiro atoms. The highest BCUT2D eigenvalue weighted by Gasteiger charge is 2.31. The maximum Gasteiger partial charge on any atom is 0.232 e. The molecule has 2 aliphatic rings. The summed E-state index contributed by atoms with van der Waals surface area (Å²) in [6.45, 7) is 0.207. The predicted octanol–water partition coefficient (Wildman–Crippen LogP) is 4.72. The highest BCUT2D eigenvalue weighted by Crippen LogP contribution is 2.41. The lowest BCUT2D eigenvalue weighted by Crippen LogP contribution is -2.12. The Labute approximate surface area is 160 Å². The van der Waals surface area contributed by atoms with E-state index < -0.39 is 0 Å². The van der Waals surface area contributed by atoms with Crippen LogP contribution in [0.4, 0.5) is 5.69 Å². The molecular weight excluding hydrogens is 398 g/mol. The Morgan fingerprint density at radius 2 is 1.96 bits per heavy atom. The zero-order chi connectivity index (χ0) is 18.1. The van der Waals surface area contributed by atoms with Crippen molar-refractivity contribution in [2.75, 3.05) is 12.1 Å². The van der Waals surface area contributed by atoms with Crippen LogP contribution in [0.3, 0.4) is 0 Å². The number of fused-ring (bicyclic) bond motifs is 2. The molecule has 1 atom stereocenters. The van der Waals surface area contributed by atoms with E-state index in [1.807, 2.05) is 24.3 Å². The monoisotopic (exact) mass is 417 g/mol. The second-order valence-corrected chi connectivity index (χ2v) is 7.53. The lowest BCUT2D eigenvalue weighted by molar-refractivity contribution is -0.117. The van der Waals surface area contributed by atoms with Gasteiger partial charge in [0.2, 0.25) is 12.7 Å². The Balaban J connectivity index is 1.30. The van der Waals surface area contributed by atoms with Crippen molar-refractivity contribution in [2.45, 2.75) is 38.0 Å². The lowest BCUT2D eigenvalue weighted by Gasteiger charge is -2.10. The van der Waals surface area contributed by atoms with E-state index in [4.69, 9.17) is 9.47 Å². The SMILES string of the molecule is O=C1Nc2cccc(Br)c2C1CCCCCc1cc2c(cc1O)OCO2. The third-order valence-electron chi connectivity index (χ3n) is 4.99. The first-order valence-corrected chi connectivity index (χ1v) is 9.63. The van der Waals surface area contributed by atoms with Gasteiger partial charge in [-0.1, -0.05) is 34.8 Å². The van der Waals surface area contributed by atoms with E-state index in [-0.39, 0.29) is 24.4 Å². The van der Waals surface area contributed by atoms with E-state index in [0.29, 0.717) is 11.5 Å². The zero-order valence-corrected chi connectivity index (χ0v) is 15.8. The maximum atomic E-state index is 12.2. The first-order chi connectivity index (χ1) is 12.6. The van der Waals surface area contributed by atoms with Crippen molar-refractivity contribution in [3.8, 4) is 17.2 Å². The van der Waals surface area contributed by atoms with Crippen molar-refractivity contribution in [1.82, 2.24) is 0 Å². The number of nitrogens with one attached hydrogen (secondary N) is 1. The number of anilines is 1. The molecule has 26 heavy (non-hydrogen) atoms. The van der Waals surface area contributed by atoms with Crippen LogP contribution in [0.15, 0.2) is 34.8 Å². The van der Waals surface area contributed by atoms with Gasteiger partial charge in [-0.05, 0) is 43.0 Å². The van der Waals surface area contributed by atoms with Crippen LogP contribution < -0.4 is 14.8 Å². The summed E-state index contributed by atoms with van der Waals surface area (Å²) in [7, 11) is 0. The Hall–Kier alpha value is -2.21. The number of rotatable bonds is 6. The summed E-state index contributed by atoms with van der Waals surface area (Å²) in [5, 5.41) is 13.0. The van der Waals surface area contributed by atoms with Crippen LogP contribution in [-0.2, 0) is 11.2 Å². The summed E-state index contributed by atoms with van der Waals surface area (Å²) in [5.41, 5.74) is 2.87. The van der Waals surface area contributed by atoms with Gasteiger partial charge >= 0.3 is 0 Å². The number of carbonyl (C=O) groups excluding carboxylic acids is 1. The van der Waals surface area contributed by atoms with Crippen LogP contribution in [0.1, 0.15) is 42.7 Å². The fraction of sp³-hybridized carbons (Fsp3) is 0.350. The van der Waals surface area contributed by atoms with Gasteiger partial charge in [0.15, 0.2) is 11.5 Å². The number of halogens is 1. The molecule has 136 valence electrons. The van der Waals surface area contributed by atoms with Crippen molar-refractivity contribution >= 4 is 27.5 Å². The molecule has 0 bridgehead atoms. The summed E-state index contributed by atoms with van der Waals surface area (Å²) < 4.78 is 11.6. The molecule has 2 heterocycles. The van der Waals surface area contributed by atoms with Gasteiger partial charge in [0, 0.05) is 21.8 Å². The van der Waals surface area contributed by atoms with Gasteiger partial charge in [0.05, 0.1) is 5.92 Å². The average Bonchev–Trinajstić information content (AvgIpc) is 3.19. The zero-order valence-electron chi connectivity index (χ0n) is 14.3. The summed E-state index contributed by atoms with van der Waals surface area (Å²) in [6.07, 6.45) is 4.51. The third kappa shape index (κ3) is 3.26. The molecule has 0 radical (unpaired) electrons. The molecule has 0 aliphatic carbocycles. The van der Waals surface area contributed by atoms with Gasteiger partial charge < -0.3 is 19.9 Å². The smallest absolute Gasteiger partial charge is 0.232 e. The van der Waals surface area contributed by atoms with Gasteiger partial charge in [-0.3, -0.25) is 4.79 Å². The van der Waals surface area contributed by atoms with Crippen molar-refractivity contribution in [2.24, 2.45) is 0 Å². The number of hydrogen-bond acceptors (Lipinski definition) is 4. The molecule has 2 aromatic carbocycles. The first-order valence-electron chi connectivity index (χ1n) is 8.84. The number of carbonyl (C=O) groups is 1. The van der Waals surface area contributed by atoms with Crippen molar-refractivity contribution in [3.05, 3.63) is 45.9 Å². The van der Waals surface area contributed by atoms with Crippen LogP contribution in [0.2, 0.25) is 0 Å². The van der Waals surface area contributed by atoms with Crippen LogP contribution in [0.25, 0.3) is 0 Å². The normalized spacial score (nSPS) is 17.3. The summed E-state index contributed by atoms with van der Waals surface area (Å²) in [6, 6.07) is 9.34. The van der Waals surface area contributed by atoms with E-state index in [1.54, 1.807) is 6.07 Å². The Morgan fingerprint density at radius 1 is 1.15 bits per heavy atom. The van der Waals surface area contributed by atoms with E-state index in [1.165, 1.54) is 0 Å². The number of aromatic hydroxyl groups is 1. The number of aryl methyl sites for hydroxylation is 1. The quantitative estimate of drug-likeness (QED) is 0.667. The molecule has 0 saturated carbocycles. The minimum Gasteiger partial charge on any atom is -0.508 e. The molecule has 4 rings (SSSR count). The molecule has 1 unspecified atom stereocenters. The molecule has 5 nitrogen and oxygen atoms in total. The highest BCUT2D eigenvalue weighted by molar-refractivity contribution is 9.10. The van der Waals surface area contributed by atoms with E-state index >= 15 is 0 Å². The van der Waals surface area contributed by atoms with Gasteiger partial charge in [-0.25, -0.2) is 0 Å². The largest absolute Gasteiger partial charge is 0.508 e.